The third-order valence-electron chi connectivity index (χ3n) is 2.48. The normalized spacial score (nSPS) is 10.9. The SMILES string of the molecule is CCN(c1c(F)cc(CBr)cc1F)C(C)C. The monoisotopic (exact) mass is 291 g/mol. The molecule has 1 aromatic rings. The molecule has 1 aromatic carbocycles. The molecule has 0 radical (unpaired) electrons. The van der Waals surface area contributed by atoms with Crippen LogP contribution in [0.5, 0.6) is 0 Å². The van der Waals surface area contributed by atoms with Gasteiger partial charge >= 0.3 is 0 Å². The van der Waals surface area contributed by atoms with Gasteiger partial charge in [-0.15, -0.1) is 0 Å². The molecule has 0 aliphatic heterocycles. The minimum Gasteiger partial charge on any atom is -0.365 e. The molecule has 0 spiro atoms. The maximum absolute atomic E-state index is 13.8. The number of hydrogen-bond acceptors (Lipinski definition) is 1. The number of benzene rings is 1. The zero-order valence-corrected chi connectivity index (χ0v) is 11.3. The number of alkyl halides is 1. The predicted molar refractivity (Wildman–Crippen MR) is 67.1 cm³/mol. The molecule has 4 heteroatoms. The molecule has 16 heavy (non-hydrogen) atoms. The van der Waals surface area contributed by atoms with E-state index in [-0.39, 0.29) is 11.7 Å². The minimum atomic E-state index is -0.495. The van der Waals surface area contributed by atoms with Crippen LogP contribution in [0.4, 0.5) is 14.5 Å². The van der Waals surface area contributed by atoms with E-state index in [4.69, 9.17) is 0 Å². The Labute approximate surface area is 104 Å². The number of nitrogens with zero attached hydrogens (tertiary/aromatic N) is 1. The average molecular weight is 292 g/mol. The summed E-state index contributed by atoms with van der Waals surface area (Å²) in [5, 5.41) is 0.453. The Balaban J connectivity index is 3.22. The number of halogens is 3. The predicted octanol–water partition coefficient (Wildman–Crippen LogP) is 4.09. The fraction of sp³-hybridized carbons (Fsp3) is 0.500. The second-order valence-electron chi connectivity index (χ2n) is 3.92. The Morgan fingerprint density at radius 2 is 1.75 bits per heavy atom. The van der Waals surface area contributed by atoms with Crippen molar-refractivity contribution in [3.8, 4) is 0 Å². The van der Waals surface area contributed by atoms with Gasteiger partial charge in [-0.1, -0.05) is 15.9 Å². The highest BCUT2D eigenvalue weighted by atomic mass is 79.9. The quantitative estimate of drug-likeness (QED) is 0.755. The van der Waals surface area contributed by atoms with E-state index in [0.717, 1.165) is 0 Å². The van der Waals surface area contributed by atoms with Gasteiger partial charge in [0.15, 0.2) is 0 Å². The van der Waals surface area contributed by atoms with Crippen LogP contribution in [0, 0.1) is 11.6 Å². The second-order valence-corrected chi connectivity index (χ2v) is 4.48. The molecule has 0 heterocycles. The summed E-state index contributed by atoms with van der Waals surface area (Å²) >= 11 is 3.19. The summed E-state index contributed by atoms with van der Waals surface area (Å²) in [4.78, 5) is 1.71. The highest BCUT2D eigenvalue weighted by Crippen LogP contribution is 2.27. The van der Waals surface area contributed by atoms with Crippen LogP contribution in [0.25, 0.3) is 0 Å². The van der Waals surface area contributed by atoms with Gasteiger partial charge in [0, 0.05) is 17.9 Å². The van der Waals surface area contributed by atoms with Crippen LogP contribution >= 0.6 is 15.9 Å². The van der Waals surface area contributed by atoms with E-state index in [1.807, 2.05) is 20.8 Å². The van der Waals surface area contributed by atoms with Crippen LogP contribution in [0.3, 0.4) is 0 Å². The maximum Gasteiger partial charge on any atom is 0.149 e. The van der Waals surface area contributed by atoms with Crippen LogP contribution in [0.1, 0.15) is 26.3 Å². The van der Waals surface area contributed by atoms with Crippen molar-refractivity contribution in [3.63, 3.8) is 0 Å². The molecule has 0 aliphatic rings. The summed E-state index contributed by atoms with van der Waals surface area (Å²) in [5.41, 5.74) is 0.681. The van der Waals surface area contributed by atoms with E-state index in [0.29, 0.717) is 17.4 Å². The van der Waals surface area contributed by atoms with E-state index in [2.05, 4.69) is 15.9 Å². The first-order chi connectivity index (χ1) is 7.51. The third kappa shape index (κ3) is 2.73. The Morgan fingerprint density at radius 3 is 2.06 bits per heavy atom. The van der Waals surface area contributed by atoms with Crippen LogP contribution in [0.15, 0.2) is 12.1 Å². The maximum atomic E-state index is 13.8. The molecule has 0 saturated heterocycles. The zero-order valence-electron chi connectivity index (χ0n) is 9.73. The molecule has 1 rings (SSSR count). The van der Waals surface area contributed by atoms with Gasteiger partial charge in [-0.3, -0.25) is 0 Å². The first-order valence-electron chi connectivity index (χ1n) is 5.31. The van der Waals surface area contributed by atoms with E-state index in [1.165, 1.54) is 12.1 Å². The van der Waals surface area contributed by atoms with Crippen molar-refractivity contribution in [2.24, 2.45) is 0 Å². The molecule has 0 aromatic heterocycles. The van der Waals surface area contributed by atoms with Gasteiger partial charge in [-0.25, -0.2) is 8.78 Å². The largest absolute Gasteiger partial charge is 0.365 e. The third-order valence-corrected chi connectivity index (χ3v) is 3.13. The van der Waals surface area contributed by atoms with Gasteiger partial charge in [-0.05, 0) is 38.5 Å². The van der Waals surface area contributed by atoms with Gasteiger partial charge < -0.3 is 4.90 Å². The Kier molecular flexibility index (Phi) is 4.71. The Morgan fingerprint density at radius 1 is 1.25 bits per heavy atom. The van der Waals surface area contributed by atoms with E-state index < -0.39 is 11.6 Å². The summed E-state index contributed by atoms with van der Waals surface area (Å²) < 4.78 is 27.6. The van der Waals surface area contributed by atoms with Crippen LogP contribution in [-0.2, 0) is 5.33 Å². The smallest absolute Gasteiger partial charge is 0.149 e. The highest BCUT2D eigenvalue weighted by Gasteiger charge is 2.18. The van der Waals surface area contributed by atoms with E-state index in [9.17, 15) is 8.78 Å². The van der Waals surface area contributed by atoms with E-state index in [1.54, 1.807) is 4.90 Å². The summed E-state index contributed by atoms with van der Waals surface area (Å²) in [5.74, 6) is -0.991. The number of hydrogen-bond donors (Lipinski definition) is 0. The second kappa shape index (κ2) is 5.62. The van der Waals surface area contributed by atoms with Crippen molar-refractivity contribution in [2.75, 3.05) is 11.4 Å². The lowest BCUT2D eigenvalue weighted by molar-refractivity contribution is 0.557. The van der Waals surface area contributed by atoms with Crippen molar-refractivity contribution in [1.82, 2.24) is 0 Å². The van der Waals surface area contributed by atoms with Crippen LogP contribution < -0.4 is 4.90 Å². The van der Waals surface area contributed by atoms with Gasteiger partial charge in [0.2, 0.25) is 0 Å². The molecular weight excluding hydrogens is 276 g/mol. The van der Waals surface area contributed by atoms with Gasteiger partial charge in [0.1, 0.15) is 17.3 Å². The lowest BCUT2D eigenvalue weighted by atomic mass is 10.1. The average Bonchev–Trinajstić information content (AvgIpc) is 2.22. The molecule has 0 aliphatic carbocycles. The first kappa shape index (κ1) is 13.4. The highest BCUT2D eigenvalue weighted by molar-refractivity contribution is 9.08. The first-order valence-corrected chi connectivity index (χ1v) is 6.43. The fourth-order valence-electron chi connectivity index (χ4n) is 1.75. The Hall–Kier alpha value is -0.640. The van der Waals surface area contributed by atoms with Crippen LogP contribution in [-0.4, -0.2) is 12.6 Å². The van der Waals surface area contributed by atoms with Crippen molar-refractivity contribution in [1.29, 1.82) is 0 Å². The van der Waals surface area contributed by atoms with Crippen molar-refractivity contribution in [3.05, 3.63) is 29.3 Å². The minimum absolute atomic E-state index is 0.0715. The van der Waals surface area contributed by atoms with Crippen molar-refractivity contribution >= 4 is 21.6 Å². The summed E-state index contributed by atoms with van der Waals surface area (Å²) in [6, 6.07) is 2.82. The summed E-state index contributed by atoms with van der Waals surface area (Å²) in [6.07, 6.45) is 0. The van der Waals surface area contributed by atoms with Crippen molar-refractivity contribution < 1.29 is 8.78 Å². The zero-order chi connectivity index (χ0) is 12.3. The number of rotatable bonds is 4. The lowest BCUT2D eigenvalue weighted by Crippen LogP contribution is -2.32. The topological polar surface area (TPSA) is 3.24 Å². The molecule has 0 atom stereocenters. The standard InChI is InChI=1S/C12H16BrF2N/c1-4-16(8(2)3)12-10(14)5-9(7-13)6-11(12)15/h5-6,8H,4,7H2,1-3H3. The van der Waals surface area contributed by atoms with Crippen molar-refractivity contribution in [2.45, 2.75) is 32.1 Å². The molecular formula is C12H16BrF2N. The molecule has 90 valence electrons. The molecule has 0 saturated carbocycles. The Bertz CT molecular complexity index is 343. The van der Waals surface area contributed by atoms with Gasteiger partial charge in [0.25, 0.3) is 0 Å². The molecule has 0 amide bonds. The lowest BCUT2D eigenvalue weighted by Gasteiger charge is -2.28. The molecule has 0 bridgehead atoms. The number of anilines is 1. The molecule has 1 nitrogen and oxygen atoms in total. The molecule has 0 unspecified atom stereocenters. The summed E-state index contributed by atoms with van der Waals surface area (Å²) in [6.45, 7) is 6.30. The molecule has 0 N–H and O–H groups in total. The summed E-state index contributed by atoms with van der Waals surface area (Å²) in [7, 11) is 0. The van der Waals surface area contributed by atoms with Crippen LogP contribution in [0.2, 0.25) is 0 Å². The van der Waals surface area contributed by atoms with E-state index >= 15 is 0 Å². The fourth-order valence-corrected chi connectivity index (χ4v) is 2.07. The molecule has 0 fully saturated rings. The van der Waals surface area contributed by atoms with Gasteiger partial charge in [-0.2, -0.15) is 0 Å². The van der Waals surface area contributed by atoms with Gasteiger partial charge in [0.05, 0.1) is 0 Å².